The third-order valence-electron chi connectivity index (χ3n) is 11.0. The van der Waals surface area contributed by atoms with Crippen molar-refractivity contribution in [2.75, 3.05) is 32.1 Å². The lowest BCUT2D eigenvalue weighted by Gasteiger charge is -2.37. The molecule has 3 aliphatic rings. The molecule has 0 saturated heterocycles. The van der Waals surface area contributed by atoms with E-state index in [-0.39, 0.29) is 57.7 Å². The number of anilines is 1. The standard InChI is InChI=1S/C38H48N6O7S.2FH/c1-43(26-10-12-27(13-11-26)51-37(48)38(49,25-6-2-3-7-25)33-8-4-19-52-33)17-5-18-44-30-15-9-24(20-29(30)41-42-44)21-39-22-32(46)28-14-16-31(45)35-36(28)50-23-34(47)40-35;;/h4,8-9,14-16,19-20,25-27,32,39,45-46,49H,2-3,5-7,10-13,17-18,21-23H2,1H3,(H,40,47);2*1H/t26?,27?,32-,38+;;/m0../s1. The maximum Gasteiger partial charge on any atom is 0.344 e. The first-order chi connectivity index (χ1) is 25.2. The number of rotatable bonds is 14. The van der Waals surface area contributed by atoms with Crippen molar-refractivity contribution in [3.05, 3.63) is 63.8 Å². The van der Waals surface area contributed by atoms with Gasteiger partial charge in [-0.1, -0.05) is 30.2 Å². The molecule has 3 heterocycles. The Bertz CT molecular complexity index is 1870. The van der Waals surface area contributed by atoms with E-state index in [9.17, 15) is 24.9 Å². The van der Waals surface area contributed by atoms with Crippen LogP contribution in [0.2, 0.25) is 0 Å². The van der Waals surface area contributed by atoms with Crippen molar-refractivity contribution in [2.45, 2.75) is 94.7 Å². The lowest BCUT2D eigenvalue weighted by atomic mass is 9.84. The van der Waals surface area contributed by atoms with Crippen molar-refractivity contribution >= 4 is 39.9 Å². The van der Waals surface area contributed by atoms with Gasteiger partial charge in [0.15, 0.2) is 18.0 Å². The van der Waals surface area contributed by atoms with Crippen molar-refractivity contribution in [3.63, 3.8) is 0 Å². The zero-order chi connectivity index (χ0) is 36.2. The fourth-order valence-corrected chi connectivity index (χ4v) is 8.89. The summed E-state index contributed by atoms with van der Waals surface area (Å²) in [4.78, 5) is 28.2. The molecule has 2 aromatic carbocycles. The minimum absolute atomic E-state index is 0. The number of aromatic nitrogens is 3. The second-order valence-corrected chi connectivity index (χ2v) is 15.3. The van der Waals surface area contributed by atoms with Crippen LogP contribution in [0.5, 0.6) is 11.5 Å². The first-order valence-electron chi connectivity index (χ1n) is 18.4. The first-order valence-corrected chi connectivity index (χ1v) is 19.3. The molecule has 13 nitrogen and oxygen atoms in total. The quantitative estimate of drug-likeness (QED) is 0.0872. The Morgan fingerprint density at radius 2 is 1.93 bits per heavy atom. The molecule has 4 aromatic rings. The van der Waals surface area contributed by atoms with Crippen molar-refractivity contribution < 1.29 is 43.8 Å². The van der Waals surface area contributed by atoms with Gasteiger partial charge in [-0.25, -0.2) is 9.48 Å². The molecule has 2 atom stereocenters. The largest absolute Gasteiger partial charge is 0.506 e. The van der Waals surface area contributed by atoms with Crippen LogP contribution in [-0.2, 0) is 33.0 Å². The highest BCUT2D eigenvalue weighted by molar-refractivity contribution is 7.10. The van der Waals surface area contributed by atoms with E-state index in [0.717, 1.165) is 87.5 Å². The molecule has 0 radical (unpaired) electrons. The second-order valence-electron chi connectivity index (χ2n) is 14.4. The molecule has 7 rings (SSSR count). The molecule has 2 aliphatic carbocycles. The van der Waals surface area contributed by atoms with Crippen LogP contribution in [0.25, 0.3) is 11.0 Å². The summed E-state index contributed by atoms with van der Waals surface area (Å²) < 4.78 is 13.5. The first kappa shape index (κ1) is 41.0. The van der Waals surface area contributed by atoms with E-state index in [1.807, 2.05) is 40.4 Å². The number of carbonyl (C=O) groups excluding carboxylic acids is 2. The van der Waals surface area contributed by atoms with Gasteiger partial charge in [0.25, 0.3) is 5.91 Å². The van der Waals surface area contributed by atoms with Crippen LogP contribution in [0.3, 0.4) is 0 Å². The Kier molecular flexibility index (Phi) is 13.6. The number of aliphatic hydroxyl groups excluding tert-OH is 1. The summed E-state index contributed by atoms with van der Waals surface area (Å²) in [5.74, 6) is -0.746. The van der Waals surface area contributed by atoms with Crippen molar-refractivity contribution in [1.82, 2.24) is 25.2 Å². The number of hydrogen-bond acceptors (Lipinski definition) is 12. The molecule has 2 saturated carbocycles. The number of hydrogen-bond donors (Lipinski definition) is 5. The van der Waals surface area contributed by atoms with Gasteiger partial charge in [0, 0.05) is 42.0 Å². The van der Waals surface area contributed by atoms with Crippen molar-refractivity contribution in [1.29, 1.82) is 0 Å². The SMILES string of the molecule is CN(CCCn1nnc2cc(CNC[C@H](O)c3ccc(O)c4c3OCC(=O)N4)ccc21)C1CCC(OC(=O)[C@](O)(c2cccs2)C2CCCC2)CC1.F.F. The van der Waals surface area contributed by atoms with Crippen LogP contribution in [0.15, 0.2) is 47.8 Å². The van der Waals surface area contributed by atoms with Crippen molar-refractivity contribution in [2.24, 2.45) is 5.92 Å². The monoisotopic (exact) mass is 772 g/mol. The number of fused-ring (bicyclic) bond motifs is 2. The second kappa shape index (κ2) is 17.9. The Hall–Kier alpha value is -4.22. The number of ether oxygens (including phenoxy) is 2. The fraction of sp³-hybridized carbons (Fsp3) is 0.526. The molecular weight excluding hydrogens is 723 g/mol. The van der Waals surface area contributed by atoms with Crippen LogP contribution in [0, 0.1) is 5.92 Å². The smallest absolute Gasteiger partial charge is 0.344 e. The molecule has 0 unspecified atom stereocenters. The molecule has 0 spiro atoms. The normalized spacial score (nSPS) is 20.3. The summed E-state index contributed by atoms with van der Waals surface area (Å²) in [5, 5.41) is 49.2. The van der Waals surface area contributed by atoms with Crippen LogP contribution in [-0.4, -0.2) is 86.0 Å². The number of nitrogens with zero attached hydrogens (tertiary/aromatic N) is 4. The van der Waals surface area contributed by atoms with Crippen molar-refractivity contribution in [3.8, 4) is 11.5 Å². The van der Waals surface area contributed by atoms with E-state index < -0.39 is 17.7 Å². The van der Waals surface area contributed by atoms with Crippen LogP contribution in [0.4, 0.5) is 15.1 Å². The molecule has 54 heavy (non-hydrogen) atoms. The minimum Gasteiger partial charge on any atom is -0.506 e. The van der Waals surface area contributed by atoms with Gasteiger partial charge in [-0.3, -0.25) is 14.2 Å². The number of thiophene rings is 1. The fourth-order valence-electron chi connectivity index (χ4n) is 8.00. The van der Waals surface area contributed by atoms with Gasteiger partial charge in [-0.15, -0.1) is 16.4 Å². The van der Waals surface area contributed by atoms with Gasteiger partial charge in [-0.2, -0.15) is 0 Å². The number of benzene rings is 2. The number of aliphatic hydroxyl groups is 2. The number of esters is 1. The third kappa shape index (κ3) is 8.68. The summed E-state index contributed by atoms with van der Waals surface area (Å²) in [7, 11) is 2.16. The number of amides is 1. The molecule has 16 heteroatoms. The molecule has 1 aliphatic heterocycles. The average molecular weight is 773 g/mol. The summed E-state index contributed by atoms with van der Waals surface area (Å²) >= 11 is 1.43. The summed E-state index contributed by atoms with van der Waals surface area (Å²) in [6.45, 7) is 2.20. The predicted molar refractivity (Wildman–Crippen MR) is 201 cm³/mol. The Morgan fingerprint density at radius 1 is 1.15 bits per heavy atom. The minimum atomic E-state index is -1.54. The number of aryl methyl sites for hydroxylation is 1. The maximum atomic E-state index is 13.5. The highest BCUT2D eigenvalue weighted by Gasteiger charge is 2.49. The zero-order valence-corrected chi connectivity index (χ0v) is 31.1. The van der Waals surface area contributed by atoms with Gasteiger partial charge in [0.05, 0.1) is 11.6 Å². The zero-order valence-electron chi connectivity index (χ0n) is 30.3. The number of carbonyl (C=O) groups is 2. The van der Waals surface area contributed by atoms with Crippen LogP contribution in [0.1, 0.15) is 79.9 Å². The number of aromatic hydroxyl groups is 1. The molecule has 5 N–H and O–H groups in total. The number of halogens is 2. The lowest BCUT2D eigenvalue weighted by Crippen LogP contribution is -2.45. The number of phenolic OH excluding ortho intramolecular Hbond substituents is 1. The highest BCUT2D eigenvalue weighted by Crippen LogP contribution is 2.44. The van der Waals surface area contributed by atoms with Gasteiger partial charge in [0.1, 0.15) is 23.1 Å². The molecule has 0 bridgehead atoms. The Morgan fingerprint density at radius 3 is 2.67 bits per heavy atom. The Labute approximate surface area is 316 Å². The van der Waals surface area contributed by atoms with E-state index in [0.29, 0.717) is 23.0 Å². The number of phenols is 1. The van der Waals surface area contributed by atoms with Crippen LogP contribution < -0.4 is 15.4 Å². The Balaban J connectivity index is 0.00000280. The predicted octanol–water partition coefficient (Wildman–Crippen LogP) is 4.91. The summed E-state index contributed by atoms with van der Waals surface area (Å²) in [5.41, 5.74) is 1.88. The molecule has 2 fully saturated rings. The topological polar surface area (TPSA) is 171 Å². The van der Waals surface area contributed by atoms with E-state index >= 15 is 0 Å². The maximum absolute atomic E-state index is 13.5. The molecular formula is C38H50F2N6O7S. The van der Waals surface area contributed by atoms with E-state index in [2.05, 4.69) is 32.9 Å². The molecule has 2 aromatic heterocycles. The molecule has 1 amide bonds. The van der Waals surface area contributed by atoms with Gasteiger partial charge in [-0.05, 0) is 99.8 Å². The van der Waals surface area contributed by atoms with Crippen LogP contribution >= 0.6 is 11.3 Å². The van der Waals surface area contributed by atoms with Gasteiger partial charge < -0.3 is 40.3 Å². The summed E-state index contributed by atoms with van der Waals surface area (Å²) in [6.07, 6.45) is 7.08. The lowest BCUT2D eigenvalue weighted by molar-refractivity contribution is -0.180. The third-order valence-corrected chi connectivity index (χ3v) is 12.0. The number of nitrogens with one attached hydrogen (secondary N) is 2. The van der Waals surface area contributed by atoms with Gasteiger partial charge >= 0.3 is 5.97 Å². The molecule has 294 valence electrons. The van der Waals surface area contributed by atoms with E-state index in [1.54, 1.807) is 6.07 Å². The summed E-state index contributed by atoms with van der Waals surface area (Å²) in [6, 6.07) is 13.2. The van der Waals surface area contributed by atoms with E-state index in [4.69, 9.17) is 9.47 Å². The average Bonchev–Trinajstić information content (AvgIpc) is 3.96. The van der Waals surface area contributed by atoms with E-state index in [1.165, 1.54) is 17.4 Å². The van der Waals surface area contributed by atoms with Gasteiger partial charge in [0.2, 0.25) is 0 Å². The highest BCUT2D eigenvalue weighted by atomic mass is 32.1.